The van der Waals surface area contributed by atoms with Gasteiger partial charge in [0.05, 0.1) is 7.11 Å². The van der Waals surface area contributed by atoms with Crippen LogP contribution in [0.1, 0.15) is 19.4 Å². The minimum absolute atomic E-state index is 0.443. The summed E-state index contributed by atoms with van der Waals surface area (Å²) < 4.78 is 5.22. The van der Waals surface area contributed by atoms with Crippen LogP contribution in [-0.4, -0.2) is 19.7 Å². The van der Waals surface area contributed by atoms with Gasteiger partial charge in [-0.25, -0.2) is 0 Å². The van der Waals surface area contributed by atoms with Gasteiger partial charge < -0.3 is 9.64 Å². The van der Waals surface area contributed by atoms with E-state index in [9.17, 15) is 0 Å². The van der Waals surface area contributed by atoms with Crippen molar-refractivity contribution in [1.29, 1.82) is 0 Å². The fraction of sp³-hybridized carbons (Fsp3) is 0.263. The molecular formula is C19H23NO. The van der Waals surface area contributed by atoms with Crippen LogP contribution in [-0.2, 0) is 0 Å². The molecule has 0 bridgehead atoms. The topological polar surface area (TPSA) is 12.5 Å². The Morgan fingerprint density at radius 3 is 2.24 bits per heavy atom. The highest BCUT2D eigenvalue weighted by atomic mass is 16.5. The fourth-order valence-electron chi connectivity index (χ4n) is 2.25. The Balaban J connectivity index is 2.06. The SMILES string of the molecule is COc1ccc(N(C/C=C/c2ccccc2)C(C)C)cc1. The number of ether oxygens (including phenoxy) is 1. The van der Waals surface area contributed by atoms with E-state index in [1.54, 1.807) is 7.11 Å². The number of benzene rings is 2. The largest absolute Gasteiger partial charge is 0.497 e. The van der Waals surface area contributed by atoms with Crippen molar-refractivity contribution in [3.8, 4) is 5.75 Å². The second-order valence-corrected chi connectivity index (χ2v) is 5.26. The Bertz CT molecular complexity index is 558. The molecule has 0 N–H and O–H groups in total. The number of rotatable bonds is 6. The molecule has 2 nitrogen and oxygen atoms in total. The third-order valence-electron chi connectivity index (χ3n) is 3.44. The third-order valence-corrected chi connectivity index (χ3v) is 3.44. The van der Waals surface area contributed by atoms with E-state index in [1.807, 2.05) is 18.2 Å². The van der Waals surface area contributed by atoms with Crippen LogP contribution in [0.4, 0.5) is 5.69 Å². The molecule has 0 saturated heterocycles. The molecule has 2 rings (SSSR count). The molecule has 0 aliphatic rings. The Morgan fingerprint density at radius 1 is 1.00 bits per heavy atom. The van der Waals surface area contributed by atoms with Gasteiger partial charge in [-0.2, -0.15) is 0 Å². The molecule has 21 heavy (non-hydrogen) atoms. The van der Waals surface area contributed by atoms with E-state index in [-0.39, 0.29) is 0 Å². The summed E-state index contributed by atoms with van der Waals surface area (Å²) in [7, 11) is 1.69. The molecule has 0 heterocycles. The molecule has 0 fully saturated rings. The Morgan fingerprint density at radius 2 is 1.67 bits per heavy atom. The highest BCUT2D eigenvalue weighted by molar-refractivity contribution is 5.53. The first kappa shape index (κ1) is 15.2. The maximum atomic E-state index is 5.22. The van der Waals surface area contributed by atoms with Gasteiger partial charge in [-0.05, 0) is 43.7 Å². The summed E-state index contributed by atoms with van der Waals surface area (Å²) in [6.45, 7) is 5.31. The Labute approximate surface area is 127 Å². The molecule has 0 radical (unpaired) electrons. The number of nitrogens with zero attached hydrogens (tertiary/aromatic N) is 1. The third kappa shape index (κ3) is 4.38. The molecule has 110 valence electrons. The average Bonchev–Trinajstić information content (AvgIpc) is 2.52. The van der Waals surface area contributed by atoms with Crippen molar-refractivity contribution in [3.05, 3.63) is 66.2 Å². The van der Waals surface area contributed by atoms with E-state index in [2.05, 4.69) is 67.3 Å². The van der Waals surface area contributed by atoms with Gasteiger partial charge in [0.2, 0.25) is 0 Å². The summed E-state index contributed by atoms with van der Waals surface area (Å²) in [5, 5.41) is 0. The van der Waals surface area contributed by atoms with Gasteiger partial charge in [0.15, 0.2) is 0 Å². The Hall–Kier alpha value is -2.22. The van der Waals surface area contributed by atoms with Crippen LogP contribution in [0.15, 0.2) is 60.7 Å². The lowest BCUT2D eigenvalue weighted by Gasteiger charge is -2.28. The molecule has 2 aromatic rings. The first-order valence-electron chi connectivity index (χ1n) is 7.33. The molecule has 0 unspecified atom stereocenters. The number of hydrogen-bond donors (Lipinski definition) is 0. The summed E-state index contributed by atoms with van der Waals surface area (Å²) in [5.41, 5.74) is 2.44. The smallest absolute Gasteiger partial charge is 0.119 e. The summed E-state index contributed by atoms with van der Waals surface area (Å²) in [5.74, 6) is 0.891. The molecule has 0 amide bonds. The number of anilines is 1. The first-order valence-corrected chi connectivity index (χ1v) is 7.33. The van der Waals surface area contributed by atoms with Crippen molar-refractivity contribution in [3.63, 3.8) is 0 Å². The van der Waals surface area contributed by atoms with Gasteiger partial charge in [-0.3, -0.25) is 0 Å². The lowest BCUT2D eigenvalue weighted by Crippen LogP contribution is -2.30. The van der Waals surface area contributed by atoms with Crippen molar-refractivity contribution in [2.75, 3.05) is 18.6 Å². The van der Waals surface area contributed by atoms with E-state index >= 15 is 0 Å². The molecule has 0 saturated carbocycles. The second-order valence-electron chi connectivity index (χ2n) is 5.26. The molecule has 0 atom stereocenters. The molecule has 0 aromatic heterocycles. The zero-order valence-corrected chi connectivity index (χ0v) is 13.0. The minimum Gasteiger partial charge on any atom is -0.497 e. The van der Waals surface area contributed by atoms with Crippen LogP contribution < -0.4 is 9.64 Å². The standard InChI is InChI=1S/C19H23NO/c1-16(2)20(18-11-13-19(21-3)14-12-18)15-7-10-17-8-5-4-6-9-17/h4-14,16H,15H2,1-3H3/b10-7+. The number of methoxy groups -OCH3 is 1. The van der Waals surface area contributed by atoms with Crippen molar-refractivity contribution in [2.24, 2.45) is 0 Å². The van der Waals surface area contributed by atoms with Crippen LogP contribution in [0, 0.1) is 0 Å². The predicted molar refractivity (Wildman–Crippen MR) is 91.0 cm³/mol. The zero-order valence-electron chi connectivity index (χ0n) is 13.0. The van der Waals surface area contributed by atoms with Crippen LogP contribution in [0.25, 0.3) is 6.08 Å². The highest BCUT2D eigenvalue weighted by Crippen LogP contribution is 2.21. The van der Waals surface area contributed by atoms with Gasteiger partial charge in [-0.1, -0.05) is 42.5 Å². The molecule has 2 aromatic carbocycles. The quantitative estimate of drug-likeness (QED) is 0.766. The van der Waals surface area contributed by atoms with Crippen molar-refractivity contribution >= 4 is 11.8 Å². The van der Waals surface area contributed by atoms with Crippen molar-refractivity contribution < 1.29 is 4.74 Å². The van der Waals surface area contributed by atoms with Crippen molar-refractivity contribution in [1.82, 2.24) is 0 Å². The van der Waals surface area contributed by atoms with Crippen LogP contribution in [0.2, 0.25) is 0 Å². The Kier molecular flexibility index (Phi) is 5.44. The molecule has 2 heteroatoms. The van der Waals surface area contributed by atoms with Gasteiger partial charge in [0, 0.05) is 18.3 Å². The van der Waals surface area contributed by atoms with Gasteiger partial charge in [0.25, 0.3) is 0 Å². The molecular weight excluding hydrogens is 258 g/mol. The highest BCUT2D eigenvalue weighted by Gasteiger charge is 2.08. The lowest BCUT2D eigenvalue weighted by molar-refractivity contribution is 0.415. The average molecular weight is 281 g/mol. The second kappa shape index (κ2) is 7.53. The monoisotopic (exact) mass is 281 g/mol. The van der Waals surface area contributed by atoms with Gasteiger partial charge >= 0.3 is 0 Å². The van der Waals surface area contributed by atoms with E-state index in [0.29, 0.717) is 6.04 Å². The lowest BCUT2D eigenvalue weighted by atomic mass is 10.2. The summed E-state index contributed by atoms with van der Waals surface area (Å²) >= 11 is 0. The molecule has 0 aliphatic carbocycles. The van der Waals surface area contributed by atoms with Crippen molar-refractivity contribution in [2.45, 2.75) is 19.9 Å². The van der Waals surface area contributed by atoms with E-state index in [4.69, 9.17) is 4.74 Å². The van der Waals surface area contributed by atoms with Crippen LogP contribution in [0.3, 0.4) is 0 Å². The summed E-state index contributed by atoms with van der Waals surface area (Å²) in [6.07, 6.45) is 4.37. The van der Waals surface area contributed by atoms with E-state index in [1.165, 1.54) is 11.3 Å². The normalized spacial score (nSPS) is 11.0. The molecule has 0 spiro atoms. The van der Waals surface area contributed by atoms with Gasteiger partial charge in [-0.15, -0.1) is 0 Å². The van der Waals surface area contributed by atoms with Crippen LogP contribution >= 0.6 is 0 Å². The maximum absolute atomic E-state index is 5.22. The molecule has 0 aliphatic heterocycles. The summed E-state index contributed by atoms with van der Waals surface area (Å²) in [4.78, 5) is 2.36. The zero-order chi connectivity index (χ0) is 15.1. The fourth-order valence-corrected chi connectivity index (χ4v) is 2.25. The number of hydrogen-bond acceptors (Lipinski definition) is 2. The van der Waals surface area contributed by atoms with E-state index in [0.717, 1.165) is 12.3 Å². The maximum Gasteiger partial charge on any atom is 0.119 e. The van der Waals surface area contributed by atoms with Gasteiger partial charge in [0.1, 0.15) is 5.75 Å². The minimum atomic E-state index is 0.443. The summed E-state index contributed by atoms with van der Waals surface area (Å²) in [6, 6.07) is 19.1. The predicted octanol–water partition coefficient (Wildman–Crippen LogP) is 4.62. The first-order chi connectivity index (χ1) is 10.2. The van der Waals surface area contributed by atoms with Crippen LogP contribution in [0.5, 0.6) is 5.75 Å². The van der Waals surface area contributed by atoms with E-state index < -0.39 is 0 Å².